The second kappa shape index (κ2) is 8.10. The Morgan fingerprint density at radius 3 is 2.46 bits per heavy atom. The third-order valence-corrected chi connectivity index (χ3v) is 4.66. The van der Waals surface area contributed by atoms with Crippen molar-refractivity contribution in [1.29, 1.82) is 0 Å². The van der Waals surface area contributed by atoms with E-state index in [1.807, 2.05) is 60.9 Å². The molecule has 134 valence electrons. The van der Waals surface area contributed by atoms with E-state index >= 15 is 0 Å². The Morgan fingerprint density at radius 2 is 1.85 bits per heavy atom. The van der Waals surface area contributed by atoms with Gasteiger partial charge in [-0.05, 0) is 43.0 Å². The number of para-hydroxylation sites is 1. The Balaban J connectivity index is 2.00. The van der Waals surface area contributed by atoms with Crippen LogP contribution in [-0.2, 0) is 19.1 Å². The van der Waals surface area contributed by atoms with E-state index in [0.29, 0.717) is 5.69 Å². The molecule has 6 heteroatoms. The summed E-state index contributed by atoms with van der Waals surface area (Å²) in [5.41, 5.74) is 1.73. The van der Waals surface area contributed by atoms with Gasteiger partial charge in [0.2, 0.25) is 0 Å². The molecule has 1 aliphatic rings. The fourth-order valence-corrected chi connectivity index (χ4v) is 3.09. The van der Waals surface area contributed by atoms with Crippen molar-refractivity contribution in [2.24, 2.45) is 0 Å². The van der Waals surface area contributed by atoms with E-state index in [0.717, 1.165) is 10.5 Å². The molecule has 0 radical (unpaired) electrons. The van der Waals surface area contributed by atoms with E-state index in [-0.39, 0.29) is 17.9 Å². The molecule has 0 aliphatic carbocycles. The van der Waals surface area contributed by atoms with Crippen molar-refractivity contribution >= 4 is 29.4 Å². The molecule has 2 aromatic carbocycles. The summed E-state index contributed by atoms with van der Waals surface area (Å²) in [4.78, 5) is 26.1. The molecule has 0 fully saturated rings. The quantitative estimate of drug-likeness (QED) is 0.615. The van der Waals surface area contributed by atoms with Crippen molar-refractivity contribution < 1.29 is 19.1 Å². The van der Waals surface area contributed by atoms with Gasteiger partial charge in [0, 0.05) is 10.6 Å². The monoisotopic (exact) mass is 369 g/mol. The van der Waals surface area contributed by atoms with Gasteiger partial charge in [0.05, 0.1) is 6.61 Å². The lowest BCUT2D eigenvalue weighted by atomic mass is 10.0. The van der Waals surface area contributed by atoms with Gasteiger partial charge in [0.1, 0.15) is 11.3 Å². The predicted molar refractivity (Wildman–Crippen MR) is 101 cm³/mol. The van der Waals surface area contributed by atoms with Crippen molar-refractivity contribution in [1.82, 2.24) is 0 Å². The van der Waals surface area contributed by atoms with E-state index in [2.05, 4.69) is 5.32 Å². The standard InChI is InChI=1S/C20H19NO4S/c1-3-24-19(22)16-17(21-14-7-5-4-6-8-14)20(23)25-18(16)13-9-11-15(26-2)12-10-13/h4-12,18,21H,3H2,1-2H3. The van der Waals surface area contributed by atoms with Crippen molar-refractivity contribution in [3.63, 3.8) is 0 Å². The second-order valence-corrected chi connectivity index (χ2v) is 6.44. The van der Waals surface area contributed by atoms with Crippen LogP contribution >= 0.6 is 11.8 Å². The lowest BCUT2D eigenvalue weighted by molar-refractivity contribution is -0.142. The van der Waals surface area contributed by atoms with Crippen LogP contribution in [0.5, 0.6) is 0 Å². The van der Waals surface area contributed by atoms with E-state index < -0.39 is 18.0 Å². The zero-order valence-corrected chi connectivity index (χ0v) is 15.3. The number of cyclic esters (lactones) is 1. The fraction of sp³-hybridized carbons (Fsp3) is 0.200. The normalized spacial score (nSPS) is 16.4. The first-order valence-electron chi connectivity index (χ1n) is 8.22. The molecule has 1 aliphatic heterocycles. The third-order valence-electron chi connectivity index (χ3n) is 3.92. The lowest BCUT2D eigenvalue weighted by Gasteiger charge is -2.14. The smallest absolute Gasteiger partial charge is 0.356 e. The number of esters is 2. The Labute approximate surface area is 156 Å². The predicted octanol–water partition coefficient (Wildman–Crippen LogP) is 3.94. The maximum absolute atomic E-state index is 12.5. The van der Waals surface area contributed by atoms with Gasteiger partial charge < -0.3 is 14.8 Å². The number of ether oxygens (including phenoxy) is 2. The molecular weight excluding hydrogens is 350 g/mol. The highest BCUT2D eigenvalue weighted by atomic mass is 32.2. The van der Waals surface area contributed by atoms with E-state index in [1.165, 1.54) is 0 Å². The molecule has 0 aromatic heterocycles. The summed E-state index contributed by atoms with van der Waals surface area (Å²) in [6.07, 6.45) is 1.19. The third kappa shape index (κ3) is 3.75. The van der Waals surface area contributed by atoms with Gasteiger partial charge in [-0.1, -0.05) is 30.3 Å². The summed E-state index contributed by atoms with van der Waals surface area (Å²) >= 11 is 1.61. The summed E-state index contributed by atoms with van der Waals surface area (Å²) < 4.78 is 10.7. The fourth-order valence-electron chi connectivity index (χ4n) is 2.68. The van der Waals surface area contributed by atoms with Crippen molar-refractivity contribution in [2.75, 3.05) is 18.2 Å². The number of thioether (sulfide) groups is 1. The number of carbonyl (C=O) groups excluding carboxylic acids is 2. The highest BCUT2D eigenvalue weighted by Gasteiger charge is 2.40. The number of nitrogens with one attached hydrogen (secondary N) is 1. The Hall–Kier alpha value is -2.73. The number of anilines is 1. The first-order chi connectivity index (χ1) is 12.6. The average Bonchev–Trinajstić information content (AvgIpc) is 2.99. The summed E-state index contributed by atoms with van der Waals surface area (Å²) in [5, 5.41) is 3.00. The topological polar surface area (TPSA) is 64.6 Å². The highest BCUT2D eigenvalue weighted by Crippen LogP contribution is 2.37. The van der Waals surface area contributed by atoms with Crippen molar-refractivity contribution in [3.05, 3.63) is 71.4 Å². The minimum Gasteiger partial charge on any atom is -0.462 e. The minimum absolute atomic E-state index is 0.119. The summed E-state index contributed by atoms with van der Waals surface area (Å²) in [7, 11) is 0. The molecular formula is C20H19NO4S. The number of hydrogen-bond donors (Lipinski definition) is 1. The van der Waals surface area contributed by atoms with E-state index in [9.17, 15) is 9.59 Å². The van der Waals surface area contributed by atoms with Gasteiger partial charge >= 0.3 is 11.9 Å². The largest absolute Gasteiger partial charge is 0.462 e. The SMILES string of the molecule is CCOC(=O)C1=C(Nc2ccccc2)C(=O)OC1c1ccc(SC)cc1. The zero-order chi connectivity index (χ0) is 18.5. The molecule has 1 unspecified atom stereocenters. The average molecular weight is 369 g/mol. The van der Waals surface area contributed by atoms with Gasteiger partial charge in [0.15, 0.2) is 6.10 Å². The minimum atomic E-state index is -0.788. The molecule has 26 heavy (non-hydrogen) atoms. The summed E-state index contributed by atoms with van der Waals surface area (Å²) in [6, 6.07) is 16.7. The second-order valence-electron chi connectivity index (χ2n) is 5.56. The first-order valence-corrected chi connectivity index (χ1v) is 9.44. The lowest BCUT2D eigenvalue weighted by Crippen LogP contribution is -2.16. The maximum Gasteiger partial charge on any atom is 0.356 e. The Kier molecular flexibility index (Phi) is 5.63. The van der Waals surface area contributed by atoms with E-state index in [4.69, 9.17) is 9.47 Å². The molecule has 2 aromatic rings. The van der Waals surface area contributed by atoms with Crippen LogP contribution in [0, 0.1) is 0 Å². The molecule has 0 bridgehead atoms. The maximum atomic E-state index is 12.5. The number of rotatable bonds is 6. The molecule has 5 nitrogen and oxygen atoms in total. The van der Waals surface area contributed by atoms with E-state index in [1.54, 1.807) is 18.7 Å². The molecule has 1 atom stereocenters. The summed E-state index contributed by atoms with van der Waals surface area (Å²) in [5.74, 6) is -1.13. The molecule has 0 amide bonds. The molecule has 1 heterocycles. The van der Waals surface area contributed by atoms with Crippen LogP contribution in [0.4, 0.5) is 5.69 Å². The van der Waals surface area contributed by atoms with Gasteiger partial charge in [-0.25, -0.2) is 9.59 Å². The van der Waals surface area contributed by atoms with Gasteiger partial charge in [-0.3, -0.25) is 0 Å². The summed E-state index contributed by atoms with van der Waals surface area (Å²) in [6.45, 7) is 1.94. The molecule has 0 saturated heterocycles. The Bertz CT molecular complexity index is 831. The van der Waals surface area contributed by atoms with Crippen LogP contribution in [-0.4, -0.2) is 24.8 Å². The van der Waals surface area contributed by atoms with Crippen molar-refractivity contribution in [3.8, 4) is 0 Å². The number of benzene rings is 2. The van der Waals surface area contributed by atoms with Crippen LogP contribution in [0.3, 0.4) is 0 Å². The van der Waals surface area contributed by atoms with Crippen LogP contribution in [0.2, 0.25) is 0 Å². The van der Waals surface area contributed by atoms with Crippen molar-refractivity contribution in [2.45, 2.75) is 17.9 Å². The number of carbonyl (C=O) groups is 2. The Morgan fingerprint density at radius 1 is 1.15 bits per heavy atom. The molecule has 0 spiro atoms. The number of hydrogen-bond acceptors (Lipinski definition) is 6. The molecule has 3 rings (SSSR count). The molecule has 1 N–H and O–H groups in total. The zero-order valence-electron chi connectivity index (χ0n) is 14.5. The first kappa shape index (κ1) is 18.1. The van der Waals surface area contributed by atoms with Gasteiger partial charge in [-0.15, -0.1) is 11.8 Å². The van der Waals surface area contributed by atoms with Crippen LogP contribution < -0.4 is 5.32 Å². The van der Waals surface area contributed by atoms with Gasteiger partial charge in [0.25, 0.3) is 0 Å². The van der Waals surface area contributed by atoms with Crippen LogP contribution in [0.1, 0.15) is 18.6 Å². The van der Waals surface area contributed by atoms with Gasteiger partial charge in [-0.2, -0.15) is 0 Å². The van der Waals surface area contributed by atoms with Crippen LogP contribution in [0.25, 0.3) is 0 Å². The molecule has 0 saturated carbocycles. The van der Waals surface area contributed by atoms with Crippen LogP contribution in [0.15, 0.2) is 70.8 Å². The highest BCUT2D eigenvalue weighted by molar-refractivity contribution is 7.98.